The van der Waals surface area contributed by atoms with Gasteiger partial charge in [-0.3, -0.25) is 0 Å². The molecule has 1 N–H and O–H groups in total. The molecule has 0 fully saturated rings. The molecule has 0 aromatic carbocycles. The monoisotopic (exact) mass is 218 g/mol. The van der Waals surface area contributed by atoms with Crippen LogP contribution in [0.2, 0.25) is 0 Å². The molecule has 84 valence electrons. The zero-order valence-electron chi connectivity index (χ0n) is 9.45. The van der Waals surface area contributed by atoms with Crippen molar-refractivity contribution in [1.82, 2.24) is 20.3 Å². The summed E-state index contributed by atoms with van der Waals surface area (Å²) in [5.74, 6) is 1.57. The molecule has 16 heavy (non-hydrogen) atoms. The first-order valence-electron chi connectivity index (χ1n) is 5.47. The molecular weight excluding hydrogens is 204 g/mol. The molecule has 0 aliphatic carbocycles. The van der Waals surface area contributed by atoms with Gasteiger partial charge >= 0.3 is 0 Å². The van der Waals surface area contributed by atoms with E-state index in [-0.39, 0.29) is 0 Å². The lowest BCUT2D eigenvalue weighted by Gasteiger charge is -2.10. The zero-order chi connectivity index (χ0) is 11.1. The van der Waals surface area contributed by atoms with Gasteiger partial charge < -0.3 is 9.84 Å². The maximum absolute atomic E-state index is 5.08. The quantitative estimate of drug-likeness (QED) is 0.779. The van der Waals surface area contributed by atoms with E-state index in [0.29, 0.717) is 0 Å². The van der Waals surface area contributed by atoms with Crippen molar-refractivity contribution in [3.63, 3.8) is 0 Å². The Hall–Kier alpha value is -1.62. The van der Waals surface area contributed by atoms with Crippen molar-refractivity contribution in [2.24, 2.45) is 0 Å². The van der Waals surface area contributed by atoms with Gasteiger partial charge in [0.25, 0.3) is 0 Å². The van der Waals surface area contributed by atoms with Crippen LogP contribution in [0.1, 0.15) is 22.7 Å². The van der Waals surface area contributed by atoms with Gasteiger partial charge in [-0.05, 0) is 32.4 Å². The summed E-state index contributed by atoms with van der Waals surface area (Å²) >= 11 is 0. The van der Waals surface area contributed by atoms with Gasteiger partial charge in [-0.15, -0.1) is 0 Å². The molecule has 0 saturated heterocycles. The Morgan fingerprint density at radius 2 is 2.31 bits per heavy atom. The predicted octanol–water partition coefficient (Wildman–Crippen LogP) is 1.12. The summed E-state index contributed by atoms with van der Waals surface area (Å²) in [5, 5.41) is 11.9. The SMILES string of the molecule is Cc1cc(-n2nc3c(c2C)CCNC3)no1. The second-order valence-corrected chi connectivity index (χ2v) is 4.14. The molecule has 5 nitrogen and oxygen atoms in total. The molecule has 0 bridgehead atoms. The second-order valence-electron chi connectivity index (χ2n) is 4.14. The maximum Gasteiger partial charge on any atom is 0.196 e. The fourth-order valence-corrected chi connectivity index (χ4v) is 2.16. The van der Waals surface area contributed by atoms with Crippen LogP contribution in [0.3, 0.4) is 0 Å². The predicted molar refractivity (Wildman–Crippen MR) is 58.5 cm³/mol. The Morgan fingerprint density at radius 3 is 3.00 bits per heavy atom. The Bertz CT molecular complexity index is 526. The van der Waals surface area contributed by atoms with Gasteiger partial charge in [0.15, 0.2) is 5.82 Å². The molecule has 0 spiro atoms. The Balaban J connectivity index is 2.11. The van der Waals surface area contributed by atoms with Gasteiger partial charge in [0.05, 0.1) is 5.69 Å². The topological polar surface area (TPSA) is 55.9 Å². The molecule has 2 aromatic rings. The third kappa shape index (κ3) is 1.36. The van der Waals surface area contributed by atoms with Crippen LogP contribution in [-0.4, -0.2) is 21.5 Å². The van der Waals surface area contributed by atoms with E-state index in [4.69, 9.17) is 4.52 Å². The first-order chi connectivity index (χ1) is 7.75. The molecule has 3 heterocycles. The normalized spacial score (nSPS) is 15.1. The van der Waals surface area contributed by atoms with E-state index in [1.54, 1.807) is 0 Å². The largest absolute Gasteiger partial charge is 0.359 e. The first kappa shape index (κ1) is 9.59. The average Bonchev–Trinajstić information content (AvgIpc) is 2.84. The van der Waals surface area contributed by atoms with Gasteiger partial charge in [-0.2, -0.15) is 5.10 Å². The molecule has 2 aromatic heterocycles. The Morgan fingerprint density at radius 1 is 1.44 bits per heavy atom. The van der Waals surface area contributed by atoms with Crippen molar-refractivity contribution in [1.29, 1.82) is 0 Å². The minimum atomic E-state index is 0.768. The van der Waals surface area contributed by atoms with Crippen LogP contribution in [0.15, 0.2) is 10.6 Å². The number of rotatable bonds is 1. The van der Waals surface area contributed by atoms with Crippen LogP contribution in [0.4, 0.5) is 0 Å². The van der Waals surface area contributed by atoms with Crippen molar-refractivity contribution in [3.05, 3.63) is 28.8 Å². The van der Waals surface area contributed by atoms with Crippen LogP contribution in [0, 0.1) is 13.8 Å². The van der Waals surface area contributed by atoms with E-state index in [0.717, 1.165) is 36.8 Å². The molecule has 1 aliphatic heterocycles. The lowest BCUT2D eigenvalue weighted by Crippen LogP contribution is -2.23. The van der Waals surface area contributed by atoms with E-state index in [1.807, 2.05) is 17.7 Å². The molecule has 1 aliphatic rings. The molecule has 0 saturated carbocycles. The fraction of sp³-hybridized carbons (Fsp3) is 0.455. The average molecular weight is 218 g/mol. The standard InChI is InChI=1S/C11H14N4O/c1-7-5-11(14-16-7)15-8(2)9-3-4-12-6-10(9)13-15/h5,12H,3-4,6H2,1-2H3. The number of nitrogens with zero attached hydrogens (tertiary/aromatic N) is 3. The van der Waals surface area contributed by atoms with Gasteiger partial charge in [0.1, 0.15) is 5.76 Å². The van der Waals surface area contributed by atoms with Crippen molar-refractivity contribution in [2.75, 3.05) is 6.54 Å². The Labute approximate surface area is 93.4 Å². The van der Waals surface area contributed by atoms with E-state index >= 15 is 0 Å². The minimum Gasteiger partial charge on any atom is -0.359 e. The molecule has 0 unspecified atom stereocenters. The molecular formula is C11H14N4O. The second kappa shape index (κ2) is 3.45. The number of hydrogen-bond acceptors (Lipinski definition) is 4. The third-order valence-corrected chi connectivity index (χ3v) is 3.00. The number of aryl methyl sites for hydroxylation is 1. The van der Waals surface area contributed by atoms with Crippen molar-refractivity contribution in [3.8, 4) is 5.82 Å². The van der Waals surface area contributed by atoms with Gasteiger partial charge in [0, 0.05) is 18.3 Å². The van der Waals surface area contributed by atoms with E-state index in [1.165, 1.54) is 11.3 Å². The lowest BCUT2D eigenvalue weighted by atomic mass is 10.1. The number of hydrogen-bond donors (Lipinski definition) is 1. The minimum absolute atomic E-state index is 0.768. The van der Waals surface area contributed by atoms with Crippen molar-refractivity contribution in [2.45, 2.75) is 26.8 Å². The van der Waals surface area contributed by atoms with Crippen LogP contribution in [-0.2, 0) is 13.0 Å². The van der Waals surface area contributed by atoms with Gasteiger partial charge in [-0.25, -0.2) is 4.68 Å². The van der Waals surface area contributed by atoms with E-state index in [2.05, 4.69) is 22.5 Å². The van der Waals surface area contributed by atoms with Crippen LogP contribution in [0.25, 0.3) is 5.82 Å². The highest BCUT2D eigenvalue weighted by Gasteiger charge is 2.19. The first-order valence-corrected chi connectivity index (χ1v) is 5.47. The zero-order valence-corrected chi connectivity index (χ0v) is 9.45. The summed E-state index contributed by atoms with van der Waals surface area (Å²) in [6.07, 6.45) is 1.04. The van der Waals surface area contributed by atoms with Gasteiger partial charge in [0.2, 0.25) is 0 Å². The van der Waals surface area contributed by atoms with Gasteiger partial charge in [-0.1, -0.05) is 5.16 Å². The molecule has 0 radical (unpaired) electrons. The molecule has 0 atom stereocenters. The third-order valence-electron chi connectivity index (χ3n) is 3.00. The number of nitrogens with one attached hydrogen (secondary N) is 1. The highest BCUT2D eigenvalue weighted by molar-refractivity contribution is 5.34. The van der Waals surface area contributed by atoms with Crippen molar-refractivity contribution < 1.29 is 4.52 Å². The fourth-order valence-electron chi connectivity index (χ4n) is 2.16. The summed E-state index contributed by atoms with van der Waals surface area (Å²) < 4.78 is 6.95. The summed E-state index contributed by atoms with van der Waals surface area (Å²) in [4.78, 5) is 0. The maximum atomic E-state index is 5.08. The van der Waals surface area contributed by atoms with Crippen LogP contribution < -0.4 is 5.32 Å². The number of aromatic nitrogens is 3. The molecule has 0 amide bonds. The molecule has 5 heteroatoms. The van der Waals surface area contributed by atoms with Crippen LogP contribution >= 0.6 is 0 Å². The number of fused-ring (bicyclic) bond motifs is 1. The Kier molecular flexibility index (Phi) is 2.07. The highest BCUT2D eigenvalue weighted by atomic mass is 16.5. The highest BCUT2D eigenvalue weighted by Crippen LogP contribution is 2.20. The lowest BCUT2D eigenvalue weighted by molar-refractivity contribution is 0.393. The smallest absolute Gasteiger partial charge is 0.196 e. The van der Waals surface area contributed by atoms with Crippen LogP contribution in [0.5, 0.6) is 0 Å². The summed E-state index contributed by atoms with van der Waals surface area (Å²) in [6.45, 7) is 5.84. The summed E-state index contributed by atoms with van der Waals surface area (Å²) in [5.41, 5.74) is 3.65. The van der Waals surface area contributed by atoms with E-state index < -0.39 is 0 Å². The molecule has 3 rings (SSSR count). The summed E-state index contributed by atoms with van der Waals surface area (Å²) in [7, 11) is 0. The van der Waals surface area contributed by atoms with E-state index in [9.17, 15) is 0 Å². The summed E-state index contributed by atoms with van der Waals surface area (Å²) in [6, 6.07) is 1.90. The van der Waals surface area contributed by atoms with Crippen molar-refractivity contribution >= 4 is 0 Å².